The lowest BCUT2D eigenvalue weighted by molar-refractivity contribution is 0.619. The summed E-state index contributed by atoms with van der Waals surface area (Å²) in [5.74, 6) is 1.68. The number of halogens is 1. The van der Waals surface area contributed by atoms with Gasteiger partial charge in [-0.05, 0) is 78.1 Å². The summed E-state index contributed by atoms with van der Waals surface area (Å²) in [5.41, 5.74) is 9.23. The zero-order chi connectivity index (χ0) is 22.5. The summed E-state index contributed by atoms with van der Waals surface area (Å²) < 4.78 is 2.39. The molecule has 1 aromatic heterocycles. The number of fused-ring (bicyclic) bond motifs is 3. The van der Waals surface area contributed by atoms with Crippen LogP contribution in [0.15, 0.2) is 66.7 Å². The molecular formula is C29H24ClN3. The normalized spacial score (nSPS) is 17.3. The molecule has 0 aliphatic heterocycles. The fourth-order valence-corrected chi connectivity index (χ4v) is 5.48. The molecule has 3 aromatic carbocycles. The summed E-state index contributed by atoms with van der Waals surface area (Å²) in [7, 11) is 0. The zero-order valence-electron chi connectivity index (χ0n) is 18.6. The molecule has 0 N–H and O–H groups in total. The highest BCUT2D eigenvalue weighted by atomic mass is 35.5. The summed E-state index contributed by atoms with van der Waals surface area (Å²) in [4.78, 5) is 4.97. The van der Waals surface area contributed by atoms with Crippen molar-refractivity contribution in [3.8, 4) is 6.07 Å². The third-order valence-electron chi connectivity index (χ3n) is 7.11. The number of nitriles is 1. The first-order chi connectivity index (χ1) is 16.2. The van der Waals surface area contributed by atoms with E-state index >= 15 is 0 Å². The number of allylic oxidation sites excluding steroid dienone is 1. The van der Waals surface area contributed by atoms with Crippen LogP contribution in [0.3, 0.4) is 0 Å². The number of hydrogen-bond acceptors (Lipinski definition) is 2. The number of nitrogens with zero attached hydrogens (tertiary/aromatic N) is 3. The van der Waals surface area contributed by atoms with E-state index < -0.39 is 0 Å². The molecule has 0 saturated heterocycles. The lowest BCUT2D eigenvalue weighted by atomic mass is 9.92. The van der Waals surface area contributed by atoms with Crippen LogP contribution in [0.4, 0.5) is 0 Å². The van der Waals surface area contributed by atoms with Gasteiger partial charge in [0, 0.05) is 12.0 Å². The van der Waals surface area contributed by atoms with Gasteiger partial charge in [0.15, 0.2) is 0 Å². The van der Waals surface area contributed by atoms with Crippen LogP contribution in [0, 0.1) is 11.3 Å². The van der Waals surface area contributed by atoms with Gasteiger partial charge in [0.05, 0.1) is 22.7 Å². The Balaban J connectivity index is 1.47. The topological polar surface area (TPSA) is 41.6 Å². The van der Waals surface area contributed by atoms with Gasteiger partial charge in [0.1, 0.15) is 11.3 Å². The monoisotopic (exact) mass is 449 g/mol. The average molecular weight is 450 g/mol. The van der Waals surface area contributed by atoms with Crippen molar-refractivity contribution < 1.29 is 0 Å². The zero-order valence-corrected chi connectivity index (χ0v) is 19.3. The Hall–Kier alpha value is -3.35. The van der Waals surface area contributed by atoms with Crippen molar-refractivity contribution >= 4 is 28.2 Å². The maximum Gasteiger partial charge on any atom is 0.113 e. The largest absolute Gasteiger partial charge is 0.320 e. The van der Waals surface area contributed by atoms with Crippen LogP contribution in [0.5, 0.6) is 0 Å². The Bertz CT molecular complexity index is 1470. The molecule has 2 aliphatic rings. The molecule has 0 amide bonds. The van der Waals surface area contributed by atoms with Crippen molar-refractivity contribution in [3.63, 3.8) is 0 Å². The Morgan fingerprint density at radius 1 is 1.03 bits per heavy atom. The SMILES string of the molecule is CC(c1ccc2c(c1)CCc1ccccc1/C2=C\C#N)n1c(C2CC2)nc2c(Cl)cccc21. The number of benzene rings is 3. The van der Waals surface area contributed by atoms with Crippen molar-refractivity contribution in [1.29, 1.82) is 5.26 Å². The van der Waals surface area contributed by atoms with Gasteiger partial charge in [0.25, 0.3) is 0 Å². The minimum absolute atomic E-state index is 0.142. The Kier molecular flexibility index (Phi) is 4.85. The van der Waals surface area contributed by atoms with Gasteiger partial charge in [0.2, 0.25) is 0 Å². The first-order valence-electron chi connectivity index (χ1n) is 11.6. The minimum Gasteiger partial charge on any atom is -0.320 e. The van der Waals surface area contributed by atoms with E-state index in [4.69, 9.17) is 16.6 Å². The minimum atomic E-state index is 0.142. The van der Waals surface area contributed by atoms with Crippen LogP contribution >= 0.6 is 11.6 Å². The molecule has 6 rings (SSSR count). The highest BCUT2D eigenvalue weighted by Gasteiger charge is 2.32. The number of aryl methyl sites for hydroxylation is 2. The number of aromatic nitrogens is 2. The maximum atomic E-state index is 9.49. The van der Waals surface area contributed by atoms with Crippen molar-refractivity contribution in [2.75, 3.05) is 0 Å². The van der Waals surface area contributed by atoms with E-state index in [2.05, 4.69) is 66.1 Å². The molecule has 4 aromatic rings. The van der Waals surface area contributed by atoms with E-state index in [1.165, 1.54) is 40.7 Å². The van der Waals surface area contributed by atoms with E-state index in [-0.39, 0.29) is 6.04 Å². The van der Waals surface area contributed by atoms with Crippen LogP contribution in [0.25, 0.3) is 16.6 Å². The predicted octanol–water partition coefficient (Wildman–Crippen LogP) is 7.23. The summed E-state index contributed by atoms with van der Waals surface area (Å²) >= 11 is 6.51. The van der Waals surface area contributed by atoms with Gasteiger partial charge in [-0.15, -0.1) is 0 Å². The molecule has 0 spiro atoms. The Labute approximate surface area is 199 Å². The summed E-state index contributed by atoms with van der Waals surface area (Å²) in [6.07, 6.45) is 6.02. The van der Waals surface area contributed by atoms with Crippen molar-refractivity contribution in [2.24, 2.45) is 0 Å². The van der Waals surface area contributed by atoms with E-state index in [1.807, 2.05) is 12.1 Å². The highest BCUT2D eigenvalue weighted by molar-refractivity contribution is 6.34. The molecule has 4 heteroatoms. The molecule has 162 valence electrons. The predicted molar refractivity (Wildman–Crippen MR) is 134 cm³/mol. The van der Waals surface area contributed by atoms with Gasteiger partial charge in [-0.2, -0.15) is 5.26 Å². The second-order valence-electron chi connectivity index (χ2n) is 9.16. The van der Waals surface area contributed by atoms with Gasteiger partial charge in [-0.25, -0.2) is 4.98 Å². The Morgan fingerprint density at radius 2 is 1.82 bits per heavy atom. The third-order valence-corrected chi connectivity index (χ3v) is 7.41. The molecule has 1 fully saturated rings. The van der Waals surface area contributed by atoms with Gasteiger partial charge >= 0.3 is 0 Å². The Morgan fingerprint density at radius 3 is 2.64 bits per heavy atom. The number of hydrogen-bond donors (Lipinski definition) is 0. The van der Waals surface area contributed by atoms with Crippen molar-refractivity contribution in [1.82, 2.24) is 9.55 Å². The number of rotatable bonds is 3. The van der Waals surface area contributed by atoms with Gasteiger partial charge < -0.3 is 4.57 Å². The van der Waals surface area contributed by atoms with Crippen LogP contribution in [-0.4, -0.2) is 9.55 Å². The molecule has 1 unspecified atom stereocenters. The average Bonchev–Trinajstić information content (AvgIpc) is 3.63. The summed E-state index contributed by atoms with van der Waals surface area (Å²) in [6.45, 7) is 2.26. The van der Waals surface area contributed by atoms with Crippen molar-refractivity contribution in [3.05, 3.63) is 105 Å². The quantitative estimate of drug-likeness (QED) is 0.309. The lowest BCUT2D eigenvalue weighted by Crippen LogP contribution is -2.11. The molecule has 0 radical (unpaired) electrons. The van der Waals surface area contributed by atoms with Gasteiger partial charge in [-0.3, -0.25) is 0 Å². The van der Waals surface area contributed by atoms with E-state index in [1.54, 1.807) is 6.08 Å². The molecular weight excluding hydrogens is 426 g/mol. The first-order valence-corrected chi connectivity index (χ1v) is 12.0. The maximum absolute atomic E-state index is 9.49. The fraction of sp³-hybridized carbons (Fsp3) is 0.241. The molecule has 2 aliphatic carbocycles. The molecule has 3 nitrogen and oxygen atoms in total. The summed E-state index contributed by atoms with van der Waals surface area (Å²) in [5, 5.41) is 10.2. The summed E-state index contributed by atoms with van der Waals surface area (Å²) in [6, 6.07) is 23.7. The van der Waals surface area contributed by atoms with Crippen LogP contribution < -0.4 is 0 Å². The fourth-order valence-electron chi connectivity index (χ4n) is 5.27. The second-order valence-corrected chi connectivity index (χ2v) is 9.57. The van der Waals surface area contributed by atoms with E-state index in [0.717, 1.165) is 35.3 Å². The number of para-hydroxylation sites is 1. The molecule has 33 heavy (non-hydrogen) atoms. The van der Waals surface area contributed by atoms with E-state index in [9.17, 15) is 5.26 Å². The van der Waals surface area contributed by atoms with Gasteiger partial charge in [-0.1, -0.05) is 60.1 Å². The molecule has 1 heterocycles. The molecule has 1 atom stereocenters. The highest BCUT2D eigenvalue weighted by Crippen LogP contribution is 2.44. The van der Waals surface area contributed by atoms with Crippen LogP contribution in [0.1, 0.15) is 65.4 Å². The second kappa shape index (κ2) is 7.90. The smallest absolute Gasteiger partial charge is 0.113 e. The molecule has 0 bridgehead atoms. The van der Waals surface area contributed by atoms with Crippen LogP contribution in [-0.2, 0) is 12.8 Å². The standard InChI is InChI=1S/C29H24ClN3/c1-18(33-27-8-4-7-26(30)28(27)32-29(33)20-10-11-20)21-13-14-24-22(17-21)12-9-19-5-2-3-6-23(19)25(24)15-16-31/h2-8,13-15,17-18,20H,9-12H2,1H3/b25-15+. The number of imidazole rings is 1. The van der Waals surface area contributed by atoms with E-state index in [0.29, 0.717) is 10.9 Å². The first kappa shape index (κ1) is 20.3. The third kappa shape index (κ3) is 3.37. The van der Waals surface area contributed by atoms with Crippen LogP contribution in [0.2, 0.25) is 5.02 Å². The van der Waals surface area contributed by atoms with Crippen molar-refractivity contribution in [2.45, 2.75) is 44.6 Å². The molecule has 1 saturated carbocycles. The lowest BCUT2D eigenvalue weighted by Gasteiger charge is -2.20.